The lowest BCUT2D eigenvalue weighted by atomic mass is 10.3. The van der Waals surface area contributed by atoms with E-state index in [1.54, 1.807) is 29.8 Å². The molecule has 28 heavy (non-hydrogen) atoms. The number of pyridine rings is 1. The summed E-state index contributed by atoms with van der Waals surface area (Å²) in [7, 11) is -3.69. The summed E-state index contributed by atoms with van der Waals surface area (Å²) in [5, 5.41) is 12.6. The average molecular weight is 510 g/mol. The summed E-state index contributed by atoms with van der Waals surface area (Å²) < 4.78 is 27.9. The molecule has 1 aliphatic heterocycles. The first-order valence-electron chi connectivity index (χ1n) is 8.31. The summed E-state index contributed by atoms with van der Waals surface area (Å²) in [5.41, 5.74) is 0. The van der Waals surface area contributed by atoms with Gasteiger partial charge in [-0.1, -0.05) is 11.6 Å². The fourth-order valence-corrected chi connectivity index (χ4v) is 6.34. The maximum Gasteiger partial charge on any atom is 0.233 e. The predicted molar refractivity (Wildman–Crippen MR) is 111 cm³/mol. The van der Waals surface area contributed by atoms with Crippen LogP contribution >= 0.6 is 38.9 Å². The number of hydroxylamine groups is 2. The topological polar surface area (TPSA) is 94.0 Å². The molecule has 2 aromatic heterocycles. The van der Waals surface area contributed by atoms with Crippen molar-refractivity contribution >= 4 is 61.1 Å². The number of piperazine rings is 1. The Bertz CT molecular complexity index is 917. The number of carbonyl (C=O) groups excluding carboxylic acids is 1. The lowest BCUT2D eigenvalue weighted by molar-refractivity contribution is -0.158. The van der Waals surface area contributed by atoms with E-state index < -0.39 is 21.8 Å². The van der Waals surface area contributed by atoms with Crippen LogP contribution in [0.2, 0.25) is 5.02 Å². The van der Waals surface area contributed by atoms with E-state index in [1.165, 1.54) is 15.6 Å². The Labute approximate surface area is 180 Å². The summed E-state index contributed by atoms with van der Waals surface area (Å²) >= 11 is 10.4. The Morgan fingerprint density at radius 1 is 1.36 bits per heavy atom. The number of amides is 1. The quantitative estimate of drug-likeness (QED) is 0.350. The minimum atomic E-state index is -3.69. The van der Waals surface area contributed by atoms with Gasteiger partial charge in [-0.25, -0.2) is 18.5 Å². The van der Waals surface area contributed by atoms with Crippen molar-refractivity contribution in [1.29, 1.82) is 0 Å². The Balaban J connectivity index is 1.68. The van der Waals surface area contributed by atoms with Crippen molar-refractivity contribution < 1.29 is 18.4 Å². The molecule has 1 fully saturated rings. The molecule has 0 aliphatic carbocycles. The van der Waals surface area contributed by atoms with Gasteiger partial charge in [-0.3, -0.25) is 10.0 Å². The third kappa shape index (κ3) is 5.02. The van der Waals surface area contributed by atoms with Crippen LogP contribution in [-0.4, -0.2) is 66.3 Å². The number of aromatic nitrogens is 1. The van der Waals surface area contributed by atoms with Crippen molar-refractivity contribution in [2.45, 2.75) is 6.04 Å². The van der Waals surface area contributed by atoms with Gasteiger partial charge in [0.2, 0.25) is 16.4 Å². The van der Waals surface area contributed by atoms with Crippen molar-refractivity contribution in [3.05, 3.63) is 44.1 Å². The molecule has 152 valence electrons. The molecule has 0 aromatic carbocycles. The van der Waals surface area contributed by atoms with E-state index >= 15 is 0 Å². The number of rotatable bonds is 7. The number of hydrogen-bond donors (Lipinski definition) is 1. The highest BCUT2D eigenvalue weighted by atomic mass is 79.9. The van der Waals surface area contributed by atoms with Crippen molar-refractivity contribution in [1.82, 2.24) is 14.4 Å². The first-order chi connectivity index (χ1) is 13.3. The highest BCUT2D eigenvalue weighted by Crippen LogP contribution is 2.30. The van der Waals surface area contributed by atoms with Crippen LogP contribution in [0.5, 0.6) is 0 Å². The van der Waals surface area contributed by atoms with Gasteiger partial charge in [-0.2, -0.15) is 4.31 Å². The van der Waals surface area contributed by atoms with E-state index in [9.17, 15) is 18.4 Å². The van der Waals surface area contributed by atoms with E-state index in [1.807, 2.05) is 4.90 Å². The van der Waals surface area contributed by atoms with Gasteiger partial charge in [0.25, 0.3) is 0 Å². The molecule has 3 heterocycles. The molecule has 1 unspecified atom stereocenters. The van der Waals surface area contributed by atoms with Gasteiger partial charge in [0.15, 0.2) is 0 Å². The fourth-order valence-electron chi connectivity index (χ4n) is 2.92. The molecule has 0 bridgehead atoms. The van der Waals surface area contributed by atoms with Crippen LogP contribution in [0.3, 0.4) is 0 Å². The van der Waals surface area contributed by atoms with Crippen LogP contribution in [0.25, 0.3) is 0 Å². The largest absolute Gasteiger partial charge is 0.354 e. The van der Waals surface area contributed by atoms with Gasteiger partial charge >= 0.3 is 0 Å². The van der Waals surface area contributed by atoms with E-state index in [4.69, 9.17) is 11.6 Å². The van der Waals surface area contributed by atoms with Crippen LogP contribution in [0, 0.1) is 0 Å². The number of sulfonamides is 1. The van der Waals surface area contributed by atoms with Crippen LogP contribution in [0.15, 0.2) is 34.2 Å². The van der Waals surface area contributed by atoms with Gasteiger partial charge in [0.05, 0.1) is 10.8 Å². The van der Waals surface area contributed by atoms with Crippen LogP contribution in [-0.2, 0) is 14.8 Å². The summed E-state index contributed by atoms with van der Waals surface area (Å²) in [6.45, 7) is 1.55. The number of halogens is 2. The third-order valence-corrected chi connectivity index (χ3v) is 8.29. The van der Waals surface area contributed by atoms with E-state index in [-0.39, 0.29) is 6.41 Å². The van der Waals surface area contributed by atoms with E-state index in [0.717, 1.165) is 10.3 Å². The second kappa shape index (κ2) is 9.06. The number of thiophene rings is 1. The summed E-state index contributed by atoms with van der Waals surface area (Å²) in [4.78, 5) is 17.9. The van der Waals surface area contributed by atoms with Crippen molar-refractivity contribution in [2.24, 2.45) is 0 Å². The van der Waals surface area contributed by atoms with Gasteiger partial charge in [0.1, 0.15) is 11.9 Å². The standard InChI is InChI=1S/C16H18BrClN4O4S2/c17-12-7-15(27-9-12)14(22(24)11-23)10-28(25,26)21-5-3-20(4-6-21)16-2-1-13(18)8-19-16/h1-2,7-9,11,14,24H,3-6,10H2. The monoisotopic (exact) mass is 508 g/mol. The van der Waals surface area contributed by atoms with Crippen molar-refractivity contribution in [3.8, 4) is 0 Å². The molecule has 3 rings (SSSR count). The second-order valence-corrected chi connectivity index (χ2v) is 10.5. The zero-order valence-corrected chi connectivity index (χ0v) is 18.6. The second-order valence-electron chi connectivity index (χ2n) is 6.17. The SMILES string of the molecule is O=CN(O)C(CS(=O)(=O)N1CCN(c2ccc(Cl)cn2)CC1)c1cc(Br)cs1. The fraction of sp³-hybridized carbons (Fsp3) is 0.375. The summed E-state index contributed by atoms with van der Waals surface area (Å²) in [6, 6.07) is 4.27. The highest BCUT2D eigenvalue weighted by molar-refractivity contribution is 9.10. The van der Waals surface area contributed by atoms with Crippen LogP contribution in [0.1, 0.15) is 10.9 Å². The van der Waals surface area contributed by atoms with Gasteiger partial charge in [-0.15, -0.1) is 11.3 Å². The first kappa shape index (κ1) is 21.5. The Morgan fingerprint density at radius 3 is 2.61 bits per heavy atom. The average Bonchev–Trinajstić information content (AvgIpc) is 3.12. The van der Waals surface area contributed by atoms with E-state index in [0.29, 0.717) is 41.1 Å². The first-order valence-corrected chi connectivity index (χ1v) is 12.0. The molecule has 0 spiro atoms. The minimum Gasteiger partial charge on any atom is -0.354 e. The molecule has 12 heteroatoms. The van der Waals surface area contributed by atoms with Gasteiger partial charge in [-0.05, 0) is 34.1 Å². The molecule has 1 aliphatic rings. The lowest BCUT2D eigenvalue weighted by Gasteiger charge is -2.35. The van der Waals surface area contributed by atoms with Gasteiger partial charge in [0, 0.05) is 47.1 Å². The highest BCUT2D eigenvalue weighted by Gasteiger charge is 2.33. The number of hydrogen-bond acceptors (Lipinski definition) is 7. The predicted octanol–water partition coefficient (Wildman–Crippen LogP) is 2.60. The summed E-state index contributed by atoms with van der Waals surface area (Å²) in [5.74, 6) is 0.347. The Kier molecular flexibility index (Phi) is 6.94. The van der Waals surface area contributed by atoms with Crippen molar-refractivity contribution in [2.75, 3.05) is 36.8 Å². The normalized spacial score (nSPS) is 16.8. The maximum absolute atomic E-state index is 12.9. The molecular formula is C16H18BrClN4O4S2. The molecular weight excluding hydrogens is 492 g/mol. The maximum atomic E-state index is 12.9. The zero-order chi connectivity index (χ0) is 20.3. The molecule has 1 amide bonds. The number of carbonyl (C=O) groups is 1. The lowest BCUT2D eigenvalue weighted by Crippen LogP contribution is -2.50. The molecule has 0 radical (unpaired) electrons. The Hall–Kier alpha value is -1.24. The Morgan fingerprint density at radius 2 is 2.07 bits per heavy atom. The van der Waals surface area contributed by atoms with Crippen LogP contribution < -0.4 is 4.90 Å². The number of nitrogens with zero attached hydrogens (tertiary/aromatic N) is 4. The smallest absolute Gasteiger partial charge is 0.233 e. The molecule has 8 nitrogen and oxygen atoms in total. The van der Waals surface area contributed by atoms with E-state index in [2.05, 4.69) is 20.9 Å². The van der Waals surface area contributed by atoms with Crippen LogP contribution in [0.4, 0.5) is 5.82 Å². The molecule has 1 atom stereocenters. The van der Waals surface area contributed by atoms with Crippen molar-refractivity contribution in [3.63, 3.8) is 0 Å². The molecule has 0 saturated carbocycles. The minimum absolute atomic E-state index is 0.220. The molecule has 2 aromatic rings. The third-order valence-electron chi connectivity index (χ3n) is 4.38. The molecule has 1 N–H and O–H groups in total. The van der Waals surface area contributed by atoms with Gasteiger partial charge < -0.3 is 4.90 Å². The summed E-state index contributed by atoms with van der Waals surface area (Å²) in [6.07, 6.45) is 1.77. The molecule has 1 saturated heterocycles. The number of anilines is 1. The zero-order valence-electron chi connectivity index (χ0n) is 14.6.